The summed E-state index contributed by atoms with van der Waals surface area (Å²) in [7, 11) is 1.66. The van der Waals surface area contributed by atoms with Crippen LogP contribution in [-0.2, 0) is 6.42 Å². The highest BCUT2D eigenvalue weighted by Gasteiger charge is 2.05. The molecule has 1 heterocycles. The number of nitriles is 1. The van der Waals surface area contributed by atoms with Crippen LogP contribution in [0, 0.1) is 18.3 Å². The molecule has 3 rings (SSSR count). The van der Waals surface area contributed by atoms with E-state index in [1.54, 1.807) is 13.2 Å². The normalized spacial score (nSPS) is 10.1. The summed E-state index contributed by atoms with van der Waals surface area (Å²) in [5, 5.41) is 15.7. The van der Waals surface area contributed by atoms with Gasteiger partial charge < -0.3 is 15.4 Å². The van der Waals surface area contributed by atoms with Crippen molar-refractivity contribution in [3.8, 4) is 11.8 Å². The van der Waals surface area contributed by atoms with Crippen molar-refractivity contribution in [2.45, 2.75) is 13.3 Å². The molecule has 0 amide bonds. The van der Waals surface area contributed by atoms with Crippen LogP contribution in [0.15, 0.2) is 54.6 Å². The number of hydrogen-bond acceptors (Lipinski definition) is 6. The van der Waals surface area contributed by atoms with E-state index < -0.39 is 0 Å². The predicted molar refractivity (Wildman–Crippen MR) is 106 cm³/mol. The Balaban J connectivity index is 1.65. The fraction of sp³-hybridized carbons (Fsp3) is 0.190. The number of methoxy groups -OCH3 is 1. The molecule has 1 aromatic heterocycles. The highest BCUT2D eigenvalue weighted by Crippen LogP contribution is 2.20. The molecule has 0 unspecified atom stereocenters. The largest absolute Gasteiger partial charge is 0.497 e. The summed E-state index contributed by atoms with van der Waals surface area (Å²) in [5.74, 6) is 2.90. The average molecular weight is 359 g/mol. The van der Waals surface area contributed by atoms with E-state index in [1.807, 2.05) is 43.3 Å². The van der Waals surface area contributed by atoms with E-state index >= 15 is 0 Å². The van der Waals surface area contributed by atoms with Crippen molar-refractivity contribution in [2.75, 3.05) is 24.3 Å². The first-order chi connectivity index (χ1) is 13.2. The van der Waals surface area contributed by atoms with Crippen LogP contribution in [0.25, 0.3) is 0 Å². The van der Waals surface area contributed by atoms with E-state index in [9.17, 15) is 5.26 Å². The van der Waals surface area contributed by atoms with Gasteiger partial charge in [-0.05, 0) is 43.2 Å². The van der Waals surface area contributed by atoms with Gasteiger partial charge in [0.2, 0.25) is 0 Å². The monoisotopic (exact) mass is 359 g/mol. The number of anilines is 3. The Morgan fingerprint density at radius 1 is 1.04 bits per heavy atom. The lowest BCUT2D eigenvalue weighted by Crippen LogP contribution is -2.08. The molecule has 0 spiro atoms. The second-order valence-electron chi connectivity index (χ2n) is 5.99. The number of aryl methyl sites for hydroxylation is 1. The van der Waals surface area contributed by atoms with Crippen LogP contribution < -0.4 is 15.4 Å². The Kier molecular flexibility index (Phi) is 5.85. The summed E-state index contributed by atoms with van der Waals surface area (Å²) in [4.78, 5) is 8.83. The van der Waals surface area contributed by atoms with Gasteiger partial charge in [0.1, 0.15) is 29.3 Å². The number of hydrogen-bond donors (Lipinski definition) is 2. The van der Waals surface area contributed by atoms with E-state index in [0.717, 1.165) is 30.2 Å². The van der Waals surface area contributed by atoms with Crippen molar-refractivity contribution in [3.63, 3.8) is 0 Å². The first-order valence-electron chi connectivity index (χ1n) is 8.66. The zero-order chi connectivity index (χ0) is 19.1. The number of benzene rings is 2. The van der Waals surface area contributed by atoms with Crippen molar-refractivity contribution >= 4 is 17.3 Å². The van der Waals surface area contributed by atoms with Crippen molar-refractivity contribution in [2.24, 2.45) is 0 Å². The third kappa shape index (κ3) is 4.95. The molecule has 136 valence electrons. The van der Waals surface area contributed by atoms with Gasteiger partial charge in [-0.1, -0.05) is 24.3 Å². The molecular formula is C21H21N5O. The van der Waals surface area contributed by atoms with Gasteiger partial charge >= 0.3 is 0 Å². The molecule has 0 fully saturated rings. The van der Waals surface area contributed by atoms with Gasteiger partial charge in [0.25, 0.3) is 0 Å². The molecule has 0 atom stereocenters. The lowest BCUT2D eigenvalue weighted by atomic mass is 10.1. The van der Waals surface area contributed by atoms with Gasteiger partial charge in [0, 0.05) is 12.6 Å². The zero-order valence-electron chi connectivity index (χ0n) is 15.4. The van der Waals surface area contributed by atoms with Crippen LogP contribution in [0.1, 0.15) is 17.0 Å². The molecular weight excluding hydrogens is 338 g/mol. The van der Waals surface area contributed by atoms with Crippen LogP contribution in [0.3, 0.4) is 0 Å². The number of aromatic nitrogens is 2. The van der Waals surface area contributed by atoms with Crippen LogP contribution in [0.4, 0.5) is 17.3 Å². The molecule has 0 radical (unpaired) electrons. The van der Waals surface area contributed by atoms with E-state index in [1.165, 1.54) is 5.56 Å². The van der Waals surface area contributed by atoms with Crippen LogP contribution >= 0.6 is 0 Å². The highest BCUT2D eigenvalue weighted by molar-refractivity contribution is 5.65. The Morgan fingerprint density at radius 3 is 2.52 bits per heavy atom. The summed E-state index contributed by atoms with van der Waals surface area (Å²) >= 11 is 0. The summed E-state index contributed by atoms with van der Waals surface area (Å²) in [6.07, 6.45) is 0.868. The maximum atomic E-state index is 9.22. The maximum Gasteiger partial charge on any atom is 0.136 e. The minimum Gasteiger partial charge on any atom is -0.497 e. The quantitative estimate of drug-likeness (QED) is 0.662. The van der Waals surface area contributed by atoms with Gasteiger partial charge in [-0.3, -0.25) is 0 Å². The van der Waals surface area contributed by atoms with Crippen LogP contribution in [-0.4, -0.2) is 23.6 Å². The SMILES string of the molecule is COc1ccc(CCNc2cc(Nc3ccccc3C#N)nc(C)n2)cc1. The molecule has 0 aliphatic heterocycles. The summed E-state index contributed by atoms with van der Waals surface area (Å²) < 4.78 is 5.17. The Hall–Kier alpha value is -3.59. The Bertz CT molecular complexity index is 948. The first-order valence-corrected chi connectivity index (χ1v) is 8.66. The number of rotatable bonds is 7. The van der Waals surface area contributed by atoms with Gasteiger partial charge in [0.15, 0.2) is 0 Å². The highest BCUT2D eigenvalue weighted by atomic mass is 16.5. The first kappa shape index (κ1) is 18.2. The second-order valence-corrected chi connectivity index (χ2v) is 5.99. The summed E-state index contributed by atoms with van der Waals surface area (Å²) in [5.41, 5.74) is 2.51. The van der Waals surface area contributed by atoms with Gasteiger partial charge in [-0.15, -0.1) is 0 Å². The van der Waals surface area contributed by atoms with Gasteiger partial charge in [-0.2, -0.15) is 5.26 Å². The van der Waals surface area contributed by atoms with Crippen molar-refractivity contribution in [1.29, 1.82) is 5.26 Å². The number of para-hydroxylation sites is 1. The number of ether oxygens (including phenoxy) is 1. The van der Waals surface area contributed by atoms with E-state index in [4.69, 9.17) is 4.74 Å². The summed E-state index contributed by atoms with van der Waals surface area (Å²) in [6, 6.07) is 19.4. The molecule has 6 heteroatoms. The summed E-state index contributed by atoms with van der Waals surface area (Å²) in [6.45, 7) is 2.59. The average Bonchev–Trinajstić information content (AvgIpc) is 2.68. The van der Waals surface area contributed by atoms with Crippen LogP contribution in [0.2, 0.25) is 0 Å². The smallest absolute Gasteiger partial charge is 0.136 e. The molecule has 6 nitrogen and oxygen atoms in total. The standard InChI is InChI=1S/C21H21N5O/c1-15-24-20(23-12-11-16-7-9-18(27-2)10-8-16)13-21(25-15)26-19-6-4-3-5-17(19)14-22/h3-10,13H,11-12H2,1-2H3,(H2,23,24,25,26). The molecule has 2 N–H and O–H groups in total. The second kappa shape index (κ2) is 8.68. The van der Waals surface area contributed by atoms with E-state index in [-0.39, 0.29) is 0 Å². The molecule has 0 aliphatic carbocycles. The molecule has 0 bridgehead atoms. The molecule has 0 saturated heterocycles. The van der Waals surface area contributed by atoms with Crippen molar-refractivity contribution < 1.29 is 4.74 Å². The van der Waals surface area contributed by atoms with E-state index in [2.05, 4.69) is 38.8 Å². The van der Waals surface area contributed by atoms with Gasteiger partial charge in [-0.25, -0.2) is 9.97 Å². The Morgan fingerprint density at radius 2 is 1.78 bits per heavy atom. The van der Waals surface area contributed by atoms with Gasteiger partial charge in [0.05, 0.1) is 18.4 Å². The zero-order valence-corrected chi connectivity index (χ0v) is 15.4. The topological polar surface area (TPSA) is 82.9 Å². The minimum atomic E-state index is 0.572. The number of nitrogens with zero attached hydrogens (tertiary/aromatic N) is 3. The lowest BCUT2D eigenvalue weighted by Gasteiger charge is -2.11. The fourth-order valence-corrected chi connectivity index (χ4v) is 2.68. The number of nitrogens with one attached hydrogen (secondary N) is 2. The minimum absolute atomic E-state index is 0.572. The maximum absolute atomic E-state index is 9.22. The third-order valence-corrected chi connectivity index (χ3v) is 4.03. The Labute approximate surface area is 158 Å². The molecule has 27 heavy (non-hydrogen) atoms. The lowest BCUT2D eigenvalue weighted by molar-refractivity contribution is 0.414. The molecule has 0 aliphatic rings. The predicted octanol–water partition coefficient (Wildman–Crippen LogP) is 4.06. The fourth-order valence-electron chi connectivity index (χ4n) is 2.68. The van der Waals surface area contributed by atoms with Crippen LogP contribution in [0.5, 0.6) is 5.75 Å². The molecule has 2 aromatic carbocycles. The van der Waals surface area contributed by atoms with E-state index in [0.29, 0.717) is 17.2 Å². The third-order valence-electron chi connectivity index (χ3n) is 4.03. The van der Waals surface area contributed by atoms with Crippen molar-refractivity contribution in [1.82, 2.24) is 9.97 Å². The molecule has 3 aromatic rings. The van der Waals surface area contributed by atoms with Crippen molar-refractivity contribution in [3.05, 3.63) is 71.5 Å². The molecule has 0 saturated carbocycles.